The summed E-state index contributed by atoms with van der Waals surface area (Å²) < 4.78 is 22.3. The Labute approximate surface area is 148 Å². The van der Waals surface area contributed by atoms with Crippen molar-refractivity contribution >= 4 is 33.2 Å². The molecule has 0 heterocycles. The number of amides is 1. The van der Waals surface area contributed by atoms with E-state index in [4.69, 9.17) is 5.73 Å². The van der Waals surface area contributed by atoms with Crippen molar-refractivity contribution in [2.45, 2.75) is 49.1 Å². The molecule has 0 bridgehead atoms. The fourth-order valence-electron chi connectivity index (χ4n) is 2.72. The maximum Gasteiger partial charge on any atom is 0.241 e. The number of nitrogens with one attached hydrogen (secondary N) is 1. The highest BCUT2D eigenvalue weighted by Crippen LogP contribution is 2.31. The Morgan fingerprint density at radius 2 is 2.08 bits per heavy atom. The van der Waals surface area contributed by atoms with E-state index in [1.54, 1.807) is 0 Å². The predicted molar refractivity (Wildman–Crippen MR) is 101 cm³/mol. The van der Waals surface area contributed by atoms with Crippen molar-refractivity contribution in [2.24, 2.45) is 5.73 Å². The van der Waals surface area contributed by atoms with E-state index in [0.29, 0.717) is 5.69 Å². The molecule has 2 rings (SSSR count). The largest absolute Gasteiger partial charge is 0.325 e. The molecule has 1 aliphatic carbocycles. The molecule has 1 saturated carbocycles. The number of anilines is 1. The van der Waals surface area contributed by atoms with Crippen LogP contribution in [-0.2, 0) is 20.4 Å². The Hall–Kier alpha value is -1.05. The first-order valence-corrected chi connectivity index (χ1v) is 11.4. The molecule has 1 unspecified atom stereocenters. The average molecular weight is 371 g/mol. The molecule has 1 aromatic rings. The lowest BCUT2D eigenvalue weighted by molar-refractivity contribution is -0.117. The third kappa shape index (κ3) is 6.83. The van der Waals surface area contributed by atoms with Gasteiger partial charge in [0.05, 0.1) is 11.8 Å². The van der Waals surface area contributed by atoms with Crippen LogP contribution in [0.3, 0.4) is 0 Å². The molecule has 0 spiro atoms. The summed E-state index contributed by atoms with van der Waals surface area (Å²) in [5.74, 6) is 0.507. The lowest BCUT2D eigenvalue weighted by Gasteiger charge is -2.13. The standard InChI is InChI=1S/C17H26N2O3S2/c1-24(21,22)10-9-16(18)17(20)19-14-6-4-5-13(11-14)12-23-15-7-2-3-8-15/h4-6,11,15-16H,2-3,7-10,12,18H2,1H3,(H,19,20). The van der Waals surface area contributed by atoms with Gasteiger partial charge in [-0.05, 0) is 37.0 Å². The van der Waals surface area contributed by atoms with Crippen LogP contribution in [0.4, 0.5) is 5.69 Å². The number of benzene rings is 1. The second kappa shape index (κ2) is 8.87. The smallest absolute Gasteiger partial charge is 0.241 e. The van der Waals surface area contributed by atoms with Gasteiger partial charge in [-0.25, -0.2) is 8.42 Å². The minimum Gasteiger partial charge on any atom is -0.325 e. The Morgan fingerprint density at radius 3 is 2.75 bits per heavy atom. The quantitative estimate of drug-likeness (QED) is 0.734. The monoisotopic (exact) mass is 370 g/mol. The van der Waals surface area contributed by atoms with Crippen LogP contribution in [0.5, 0.6) is 0 Å². The van der Waals surface area contributed by atoms with E-state index in [9.17, 15) is 13.2 Å². The van der Waals surface area contributed by atoms with E-state index in [1.807, 2.05) is 30.0 Å². The number of rotatable bonds is 8. The lowest BCUT2D eigenvalue weighted by atomic mass is 10.2. The van der Waals surface area contributed by atoms with E-state index in [1.165, 1.54) is 31.2 Å². The Kier molecular flexibility index (Phi) is 7.13. The van der Waals surface area contributed by atoms with Crippen molar-refractivity contribution in [3.63, 3.8) is 0 Å². The first kappa shape index (κ1) is 19.3. The van der Waals surface area contributed by atoms with Gasteiger partial charge >= 0.3 is 0 Å². The Morgan fingerprint density at radius 1 is 1.38 bits per heavy atom. The molecule has 0 aliphatic heterocycles. The van der Waals surface area contributed by atoms with Crippen LogP contribution in [-0.4, -0.2) is 37.6 Å². The highest BCUT2D eigenvalue weighted by atomic mass is 32.2. The summed E-state index contributed by atoms with van der Waals surface area (Å²) in [5, 5.41) is 3.54. The van der Waals surface area contributed by atoms with E-state index in [-0.39, 0.29) is 18.1 Å². The number of sulfone groups is 1. The molecule has 3 N–H and O–H groups in total. The fraction of sp³-hybridized carbons (Fsp3) is 0.588. The number of carbonyl (C=O) groups excluding carboxylic acids is 1. The topological polar surface area (TPSA) is 89.3 Å². The molecule has 1 aromatic carbocycles. The molecule has 0 saturated heterocycles. The van der Waals surface area contributed by atoms with Gasteiger partial charge in [0.2, 0.25) is 5.91 Å². The molecule has 7 heteroatoms. The van der Waals surface area contributed by atoms with Crippen LogP contribution in [0.1, 0.15) is 37.7 Å². The van der Waals surface area contributed by atoms with Gasteiger partial charge in [0.15, 0.2) is 0 Å². The van der Waals surface area contributed by atoms with Gasteiger partial charge in [0.1, 0.15) is 9.84 Å². The average Bonchev–Trinajstić information content (AvgIpc) is 3.03. The second-order valence-corrected chi connectivity index (χ2v) is 9.98. The van der Waals surface area contributed by atoms with E-state index < -0.39 is 15.9 Å². The third-order valence-electron chi connectivity index (χ3n) is 4.12. The summed E-state index contributed by atoms with van der Waals surface area (Å²) in [6, 6.07) is 6.94. The molecular formula is C17H26N2O3S2. The molecule has 134 valence electrons. The summed E-state index contributed by atoms with van der Waals surface area (Å²) in [5.41, 5.74) is 7.65. The van der Waals surface area contributed by atoms with E-state index in [0.717, 1.165) is 17.3 Å². The zero-order chi connectivity index (χ0) is 17.6. The minimum absolute atomic E-state index is 0.0837. The Bertz CT molecular complexity index is 656. The summed E-state index contributed by atoms with van der Waals surface area (Å²) in [7, 11) is -3.11. The van der Waals surface area contributed by atoms with Crippen molar-refractivity contribution in [1.82, 2.24) is 0 Å². The van der Waals surface area contributed by atoms with Gasteiger partial charge in [-0.3, -0.25) is 4.79 Å². The molecule has 1 fully saturated rings. The minimum atomic E-state index is -3.11. The summed E-state index contributed by atoms with van der Waals surface area (Å²) >= 11 is 1.98. The maximum atomic E-state index is 12.1. The highest BCUT2D eigenvalue weighted by molar-refractivity contribution is 7.99. The van der Waals surface area contributed by atoms with Crippen LogP contribution >= 0.6 is 11.8 Å². The first-order chi connectivity index (χ1) is 11.3. The van der Waals surface area contributed by atoms with Gasteiger partial charge in [0.25, 0.3) is 0 Å². The molecule has 0 aromatic heterocycles. The predicted octanol–water partition coefficient (Wildman–Crippen LogP) is 2.56. The molecular weight excluding hydrogens is 344 g/mol. The first-order valence-electron chi connectivity index (χ1n) is 8.28. The number of hydrogen-bond donors (Lipinski definition) is 2. The molecule has 5 nitrogen and oxygen atoms in total. The molecule has 1 aliphatic rings. The van der Waals surface area contributed by atoms with Crippen molar-refractivity contribution < 1.29 is 13.2 Å². The SMILES string of the molecule is CS(=O)(=O)CCC(N)C(=O)Nc1cccc(CSC2CCCC2)c1. The van der Waals surface area contributed by atoms with Crippen LogP contribution in [0.2, 0.25) is 0 Å². The number of carbonyl (C=O) groups is 1. The maximum absolute atomic E-state index is 12.1. The zero-order valence-electron chi connectivity index (χ0n) is 14.0. The van der Waals surface area contributed by atoms with Crippen molar-refractivity contribution in [1.29, 1.82) is 0 Å². The summed E-state index contributed by atoms with van der Waals surface area (Å²) in [6.07, 6.45) is 6.54. The van der Waals surface area contributed by atoms with Crippen LogP contribution in [0.15, 0.2) is 24.3 Å². The summed E-state index contributed by atoms with van der Waals surface area (Å²) in [4.78, 5) is 12.1. The lowest BCUT2D eigenvalue weighted by Crippen LogP contribution is -2.37. The molecule has 0 radical (unpaired) electrons. The van der Waals surface area contributed by atoms with E-state index >= 15 is 0 Å². The van der Waals surface area contributed by atoms with Gasteiger partial charge in [-0.15, -0.1) is 0 Å². The normalized spacial score (nSPS) is 16.9. The van der Waals surface area contributed by atoms with Crippen LogP contribution in [0.25, 0.3) is 0 Å². The third-order valence-corrected chi connectivity index (χ3v) is 6.54. The van der Waals surface area contributed by atoms with Crippen molar-refractivity contribution in [3.8, 4) is 0 Å². The molecule has 24 heavy (non-hydrogen) atoms. The number of hydrogen-bond acceptors (Lipinski definition) is 5. The molecule has 1 atom stereocenters. The van der Waals surface area contributed by atoms with Gasteiger partial charge in [-0.2, -0.15) is 11.8 Å². The molecule has 1 amide bonds. The van der Waals surface area contributed by atoms with Gasteiger partial charge in [-0.1, -0.05) is 25.0 Å². The highest BCUT2D eigenvalue weighted by Gasteiger charge is 2.17. The summed E-state index contributed by atoms with van der Waals surface area (Å²) in [6.45, 7) is 0. The van der Waals surface area contributed by atoms with E-state index in [2.05, 4.69) is 11.4 Å². The van der Waals surface area contributed by atoms with Crippen LogP contribution in [0, 0.1) is 0 Å². The van der Waals surface area contributed by atoms with Crippen LogP contribution < -0.4 is 11.1 Å². The van der Waals surface area contributed by atoms with Gasteiger partial charge in [0, 0.05) is 22.9 Å². The zero-order valence-corrected chi connectivity index (χ0v) is 15.7. The second-order valence-electron chi connectivity index (χ2n) is 6.43. The Balaban J connectivity index is 1.84. The number of thioether (sulfide) groups is 1. The van der Waals surface area contributed by atoms with Gasteiger partial charge < -0.3 is 11.1 Å². The fourth-order valence-corrected chi connectivity index (χ4v) is 4.67. The van der Waals surface area contributed by atoms with Crippen molar-refractivity contribution in [3.05, 3.63) is 29.8 Å². The number of nitrogens with two attached hydrogens (primary N) is 1. The van der Waals surface area contributed by atoms with Crippen molar-refractivity contribution in [2.75, 3.05) is 17.3 Å².